The summed E-state index contributed by atoms with van der Waals surface area (Å²) in [6.07, 6.45) is 1.31. The number of nitrogen functional groups attached to an aromatic ring is 1. The van der Waals surface area contributed by atoms with Gasteiger partial charge in [0.2, 0.25) is 0 Å². The maximum absolute atomic E-state index is 9.11. The first-order valence-electron chi connectivity index (χ1n) is 5.52. The molecule has 1 aromatic rings. The van der Waals surface area contributed by atoms with Gasteiger partial charge >= 0.3 is 0 Å². The van der Waals surface area contributed by atoms with E-state index in [1.165, 1.54) is 6.33 Å². The zero-order chi connectivity index (χ0) is 12.3. The first-order valence-corrected chi connectivity index (χ1v) is 5.52. The van der Waals surface area contributed by atoms with Crippen molar-refractivity contribution in [3.8, 4) is 0 Å². The van der Waals surface area contributed by atoms with Gasteiger partial charge in [0, 0.05) is 18.7 Å². The van der Waals surface area contributed by atoms with Crippen molar-refractivity contribution in [3.05, 3.63) is 11.9 Å². The lowest BCUT2D eigenvalue weighted by molar-refractivity contribution is 0.00333. The molecule has 2 heterocycles. The van der Waals surface area contributed by atoms with Gasteiger partial charge < -0.3 is 20.2 Å². The Morgan fingerprint density at radius 1 is 1.65 bits per heavy atom. The molecule has 17 heavy (non-hydrogen) atoms. The van der Waals surface area contributed by atoms with Crippen LogP contribution in [0.25, 0.3) is 0 Å². The van der Waals surface area contributed by atoms with E-state index in [9.17, 15) is 0 Å². The van der Waals surface area contributed by atoms with E-state index in [-0.39, 0.29) is 12.7 Å². The van der Waals surface area contributed by atoms with E-state index in [1.807, 2.05) is 6.92 Å². The first kappa shape index (κ1) is 12.0. The molecule has 1 aromatic heterocycles. The summed E-state index contributed by atoms with van der Waals surface area (Å²) in [5.74, 6) is 6.82. The Labute approximate surface area is 99.6 Å². The van der Waals surface area contributed by atoms with E-state index < -0.39 is 0 Å². The lowest BCUT2D eigenvalue weighted by Crippen LogP contribution is -2.44. The number of nitrogens with zero attached hydrogens (tertiary/aromatic N) is 3. The van der Waals surface area contributed by atoms with Gasteiger partial charge in [0.1, 0.15) is 18.0 Å². The number of nitrogens with two attached hydrogens (primary N) is 1. The van der Waals surface area contributed by atoms with Crippen molar-refractivity contribution in [3.63, 3.8) is 0 Å². The molecule has 0 amide bonds. The molecule has 4 N–H and O–H groups in total. The van der Waals surface area contributed by atoms with Gasteiger partial charge in [-0.15, -0.1) is 0 Å². The fourth-order valence-electron chi connectivity index (χ4n) is 1.93. The number of morpholine rings is 1. The molecule has 0 saturated carbocycles. The second-order valence-corrected chi connectivity index (χ2v) is 3.94. The molecule has 7 nitrogen and oxygen atoms in total. The van der Waals surface area contributed by atoms with E-state index >= 15 is 0 Å². The van der Waals surface area contributed by atoms with E-state index in [1.54, 1.807) is 0 Å². The molecule has 7 heteroatoms. The average molecular weight is 239 g/mol. The number of hydrogen-bond acceptors (Lipinski definition) is 7. The third kappa shape index (κ3) is 2.46. The molecule has 1 aliphatic rings. The number of anilines is 2. The number of aliphatic hydroxyl groups is 1. The zero-order valence-corrected chi connectivity index (χ0v) is 9.76. The van der Waals surface area contributed by atoms with Crippen molar-refractivity contribution in [1.82, 2.24) is 9.97 Å². The van der Waals surface area contributed by atoms with Crippen LogP contribution < -0.4 is 16.2 Å². The highest BCUT2D eigenvalue weighted by molar-refractivity contribution is 5.57. The normalized spacial score (nSPS) is 20.4. The van der Waals surface area contributed by atoms with Crippen molar-refractivity contribution in [2.75, 3.05) is 36.6 Å². The van der Waals surface area contributed by atoms with Gasteiger partial charge in [-0.2, -0.15) is 0 Å². The lowest BCUT2D eigenvalue weighted by atomic mass is 10.2. The van der Waals surface area contributed by atoms with Crippen LogP contribution in [0.1, 0.15) is 5.56 Å². The Hall–Kier alpha value is -1.44. The SMILES string of the molecule is Cc1c(NN)ncnc1N1CCOC(CO)C1. The van der Waals surface area contributed by atoms with Crippen molar-refractivity contribution in [2.45, 2.75) is 13.0 Å². The van der Waals surface area contributed by atoms with E-state index in [4.69, 9.17) is 15.7 Å². The number of rotatable bonds is 3. The molecule has 1 atom stereocenters. The number of ether oxygens (including phenoxy) is 1. The summed E-state index contributed by atoms with van der Waals surface area (Å²) in [7, 11) is 0. The van der Waals surface area contributed by atoms with Crippen LogP contribution in [0.4, 0.5) is 11.6 Å². The predicted octanol–water partition coefficient (Wildman–Crippen LogP) is -0.732. The molecule has 1 fully saturated rings. The standard InChI is InChI=1S/C10H17N5O2/c1-7-9(14-11)12-6-13-10(7)15-2-3-17-8(4-15)5-16/h6,8,16H,2-5,11H2,1H3,(H,12,13,14). The van der Waals surface area contributed by atoms with Crippen LogP contribution in [0.15, 0.2) is 6.33 Å². The number of hydrazine groups is 1. The van der Waals surface area contributed by atoms with Crippen LogP contribution in [-0.4, -0.2) is 47.5 Å². The topological polar surface area (TPSA) is 96.5 Å². The number of aromatic nitrogens is 2. The largest absolute Gasteiger partial charge is 0.394 e. The molecule has 1 saturated heterocycles. The van der Waals surface area contributed by atoms with Gasteiger partial charge in [0.25, 0.3) is 0 Å². The number of hydrogen-bond donors (Lipinski definition) is 3. The Morgan fingerprint density at radius 2 is 2.47 bits per heavy atom. The fraction of sp³-hybridized carbons (Fsp3) is 0.600. The van der Waals surface area contributed by atoms with Gasteiger partial charge in [0.15, 0.2) is 0 Å². The van der Waals surface area contributed by atoms with Crippen LogP contribution in [0.5, 0.6) is 0 Å². The van der Waals surface area contributed by atoms with Gasteiger partial charge in [-0.3, -0.25) is 0 Å². The minimum absolute atomic E-state index is 0.0165. The summed E-state index contributed by atoms with van der Waals surface area (Å²) in [4.78, 5) is 10.4. The third-order valence-corrected chi connectivity index (χ3v) is 2.84. The Kier molecular flexibility index (Phi) is 3.72. The molecule has 94 valence electrons. The molecule has 1 aliphatic heterocycles. The Balaban J connectivity index is 2.21. The molecule has 0 radical (unpaired) electrons. The molecule has 0 bridgehead atoms. The molecule has 1 unspecified atom stereocenters. The summed E-state index contributed by atoms with van der Waals surface area (Å²) in [5.41, 5.74) is 3.44. The minimum atomic E-state index is -0.160. The molecular weight excluding hydrogens is 222 g/mol. The second-order valence-electron chi connectivity index (χ2n) is 3.94. The van der Waals surface area contributed by atoms with Gasteiger partial charge in [0.05, 0.1) is 19.3 Å². The van der Waals surface area contributed by atoms with Crippen molar-refractivity contribution < 1.29 is 9.84 Å². The van der Waals surface area contributed by atoms with Crippen LogP contribution in [0, 0.1) is 6.92 Å². The van der Waals surface area contributed by atoms with Crippen LogP contribution in [-0.2, 0) is 4.74 Å². The maximum atomic E-state index is 9.11. The van der Waals surface area contributed by atoms with Crippen molar-refractivity contribution in [1.29, 1.82) is 0 Å². The number of nitrogens with one attached hydrogen (secondary N) is 1. The van der Waals surface area contributed by atoms with Crippen LogP contribution >= 0.6 is 0 Å². The third-order valence-electron chi connectivity index (χ3n) is 2.84. The van der Waals surface area contributed by atoms with Gasteiger partial charge in [-0.05, 0) is 6.92 Å². The maximum Gasteiger partial charge on any atom is 0.148 e. The second kappa shape index (κ2) is 5.26. The lowest BCUT2D eigenvalue weighted by Gasteiger charge is -2.33. The smallest absolute Gasteiger partial charge is 0.148 e. The summed E-state index contributed by atoms with van der Waals surface area (Å²) in [6.45, 7) is 3.88. The molecule has 2 rings (SSSR count). The molecule has 0 aliphatic carbocycles. The fourth-order valence-corrected chi connectivity index (χ4v) is 1.93. The highest BCUT2D eigenvalue weighted by atomic mass is 16.5. The summed E-state index contributed by atoms with van der Waals surface area (Å²) in [6, 6.07) is 0. The average Bonchev–Trinajstić information content (AvgIpc) is 2.39. The van der Waals surface area contributed by atoms with E-state index in [0.717, 1.165) is 17.9 Å². The first-order chi connectivity index (χ1) is 8.26. The quantitative estimate of drug-likeness (QED) is 0.472. The molecular formula is C10H17N5O2. The minimum Gasteiger partial charge on any atom is -0.394 e. The Morgan fingerprint density at radius 3 is 3.18 bits per heavy atom. The van der Waals surface area contributed by atoms with Gasteiger partial charge in [-0.25, -0.2) is 15.8 Å². The highest BCUT2D eigenvalue weighted by Gasteiger charge is 2.22. The monoisotopic (exact) mass is 239 g/mol. The van der Waals surface area contributed by atoms with Gasteiger partial charge in [-0.1, -0.05) is 0 Å². The van der Waals surface area contributed by atoms with Crippen molar-refractivity contribution in [2.24, 2.45) is 5.84 Å². The van der Waals surface area contributed by atoms with Crippen LogP contribution in [0.3, 0.4) is 0 Å². The van der Waals surface area contributed by atoms with E-state index in [0.29, 0.717) is 19.0 Å². The zero-order valence-electron chi connectivity index (χ0n) is 9.76. The van der Waals surface area contributed by atoms with E-state index in [2.05, 4.69) is 20.3 Å². The van der Waals surface area contributed by atoms with Crippen molar-refractivity contribution >= 4 is 11.6 Å². The predicted molar refractivity (Wildman–Crippen MR) is 63.6 cm³/mol. The molecule has 0 aromatic carbocycles. The summed E-state index contributed by atoms with van der Waals surface area (Å²) in [5, 5.41) is 9.11. The molecule has 0 spiro atoms. The highest BCUT2D eigenvalue weighted by Crippen LogP contribution is 2.23. The summed E-state index contributed by atoms with van der Waals surface area (Å²) < 4.78 is 5.40. The number of aliphatic hydroxyl groups excluding tert-OH is 1. The summed E-state index contributed by atoms with van der Waals surface area (Å²) >= 11 is 0. The van der Waals surface area contributed by atoms with Crippen LogP contribution in [0.2, 0.25) is 0 Å². The Bertz CT molecular complexity index is 387.